The maximum Gasteiger partial charge on any atom is 0.269 e. The van der Waals surface area contributed by atoms with Gasteiger partial charge in [-0.25, -0.2) is 4.98 Å². The van der Waals surface area contributed by atoms with Crippen LogP contribution >= 0.6 is 11.3 Å². The van der Waals surface area contributed by atoms with E-state index in [9.17, 15) is 13.2 Å². The fourth-order valence-electron chi connectivity index (χ4n) is 2.32. The van der Waals surface area contributed by atoms with Crippen LogP contribution in [0.3, 0.4) is 0 Å². The van der Waals surface area contributed by atoms with Crippen molar-refractivity contribution < 1.29 is 17.8 Å². The Labute approximate surface area is 158 Å². The van der Waals surface area contributed by atoms with E-state index in [-0.39, 0.29) is 11.9 Å². The minimum absolute atomic E-state index is 0.0571. The maximum atomic E-state index is 12.4. The van der Waals surface area contributed by atoms with Crippen molar-refractivity contribution in [2.75, 3.05) is 0 Å². The molecule has 0 bridgehead atoms. The van der Waals surface area contributed by atoms with Gasteiger partial charge in [-0.1, -0.05) is 45.0 Å². The highest BCUT2D eigenvalue weighted by Gasteiger charge is 2.26. The largest absolute Gasteiger partial charge is 0.346 e. The number of nitrogens with zero attached hydrogens (tertiary/aromatic N) is 1. The SMILES string of the molecule is Cc1csc([C@H](Cc2ccc(CS(=O)(=O)O)cc2)NC(=O)C(C)(C)C)n1. The quantitative estimate of drug-likeness (QED) is 0.731. The van der Waals surface area contributed by atoms with Crippen LogP contribution in [0.5, 0.6) is 0 Å². The van der Waals surface area contributed by atoms with Gasteiger partial charge >= 0.3 is 0 Å². The van der Waals surface area contributed by atoms with E-state index in [4.69, 9.17) is 4.55 Å². The lowest BCUT2D eigenvalue weighted by Gasteiger charge is -2.23. The molecule has 8 heteroatoms. The number of rotatable bonds is 6. The molecular formula is C18H24N2O4S2. The molecule has 2 N–H and O–H groups in total. The van der Waals surface area contributed by atoms with E-state index < -0.39 is 21.3 Å². The van der Waals surface area contributed by atoms with Gasteiger partial charge in [0.25, 0.3) is 10.1 Å². The number of hydrogen-bond donors (Lipinski definition) is 2. The Morgan fingerprint density at radius 2 is 1.81 bits per heavy atom. The summed E-state index contributed by atoms with van der Waals surface area (Å²) in [6, 6.07) is 6.68. The van der Waals surface area contributed by atoms with Gasteiger partial charge in [0, 0.05) is 16.5 Å². The lowest BCUT2D eigenvalue weighted by atomic mass is 9.94. The molecule has 0 unspecified atom stereocenters. The van der Waals surface area contributed by atoms with Crippen LogP contribution in [-0.4, -0.2) is 23.9 Å². The molecule has 1 atom stereocenters. The van der Waals surface area contributed by atoms with E-state index in [1.807, 2.05) is 33.1 Å². The molecule has 1 aromatic carbocycles. The Morgan fingerprint density at radius 3 is 2.27 bits per heavy atom. The number of nitrogens with one attached hydrogen (secondary N) is 1. The van der Waals surface area contributed by atoms with Crippen molar-refractivity contribution in [1.29, 1.82) is 0 Å². The van der Waals surface area contributed by atoms with Crippen molar-refractivity contribution in [1.82, 2.24) is 10.3 Å². The smallest absolute Gasteiger partial charge is 0.269 e. The summed E-state index contributed by atoms with van der Waals surface area (Å²) in [4.78, 5) is 16.9. The lowest BCUT2D eigenvalue weighted by molar-refractivity contribution is -0.129. The van der Waals surface area contributed by atoms with Crippen molar-refractivity contribution in [3.8, 4) is 0 Å². The van der Waals surface area contributed by atoms with Gasteiger partial charge in [0.2, 0.25) is 5.91 Å². The van der Waals surface area contributed by atoms with E-state index in [1.54, 1.807) is 24.3 Å². The van der Waals surface area contributed by atoms with E-state index in [0.29, 0.717) is 12.0 Å². The summed E-state index contributed by atoms with van der Waals surface area (Å²) >= 11 is 1.50. The Bertz CT molecular complexity index is 865. The Hall–Kier alpha value is -1.77. The molecule has 0 saturated carbocycles. The first-order chi connectivity index (χ1) is 11.9. The monoisotopic (exact) mass is 396 g/mol. The fourth-order valence-corrected chi connectivity index (χ4v) is 3.79. The summed E-state index contributed by atoms with van der Waals surface area (Å²) in [5.74, 6) is -0.471. The van der Waals surface area contributed by atoms with Crippen molar-refractivity contribution in [2.45, 2.75) is 45.9 Å². The van der Waals surface area contributed by atoms with Crippen LogP contribution in [0.15, 0.2) is 29.6 Å². The zero-order valence-electron chi connectivity index (χ0n) is 15.3. The predicted octanol–water partition coefficient (Wildman–Crippen LogP) is 3.29. The second-order valence-corrected chi connectivity index (χ2v) is 9.69. The molecule has 0 radical (unpaired) electrons. The van der Waals surface area contributed by atoms with Crippen molar-refractivity contribution in [3.63, 3.8) is 0 Å². The van der Waals surface area contributed by atoms with Crippen molar-refractivity contribution >= 4 is 27.4 Å². The number of aryl methyl sites for hydroxylation is 1. The summed E-state index contributed by atoms with van der Waals surface area (Å²) in [5, 5.41) is 5.84. The van der Waals surface area contributed by atoms with Crippen LogP contribution in [0.4, 0.5) is 0 Å². The molecule has 1 amide bonds. The molecule has 1 heterocycles. The van der Waals surface area contributed by atoms with Crippen molar-refractivity contribution in [3.05, 3.63) is 51.5 Å². The molecular weight excluding hydrogens is 372 g/mol. The number of thiazole rings is 1. The molecule has 0 aliphatic rings. The molecule has 2 rings (SSSR count). The van der Waals surface area contributed by atoms with Crippen LogP contribution in [0.1, 0.15) is 48.6 Å². The molecule has 0 saturated heterocycles. The van der Waals surface area contributed by atoms with Crippen LogP contribution < -0.4 is 5.32 Å². The number of carbonyl (C=O) groups is 1. The first-order valence-electron chi connectivity index (χ1n) is 8.20. The standard InChI is InChI=1S/C18H24N2O4S2/c1-12-10-25-16(19-12)15(20-17(21)18(2,3)4)9-13-5-7-14(8-6-13)11-26(22,23)24/h5-8,10,15H,9,11H2,1-4H3,(H,20,21)(H,22,23,24)/t15-/m0/s1. The summed E-state index contributed by atoms with van der Waals surface area (Å²) in [5.41, 5.74) is 1.85. The van der Waals surface area contributed by atoms with E-state index in [0.717, 1.165) is 16.3 Å². The highest BCUT2D eigenvalue weighted by Crippen LogP contribution is 2.25. The zero-order valence-corrected chi connectivity index (χ0v) is 16.9. The third kappa shape index (κ3) is 6.19. The van der Waals surface area contributed by atoms with Crippen LogP contribution in [0.2, 0.25) is 0 Å². The topological polar surface area (TPSA) is 96.4 Å². The lowest BCUT2D eigenvalue weighted by Crippen LogP contribution is -2.38. The van der Waals surface area contributed by atoms with Gasteiger partial charge < -0.3 is 5.32 Å². The Balaban J connectivity index is 2.19. The van der Waals surface area contributed by atoms with Crippen LogP contribution in [0.25, 0.3) is 0 Å². The third-order valence-electron chi connectivity index (χ3n) is 3.73. The average Bonchev–Trinajstić information content (AvgIpc) is 2.92. The molecule has 6 nitrogen and oxygen atoms in total. The Morgan fingerprint density at radius 1 is 1.23 bits per heavy atom. The molecule has 1 aromatic heterocycles. The Kier molecular flexibility index (Phi) is 6.21. The van der Waals surface area contributed by atoms with Gasteiger partial charge in [-0.3, -0.25) is 9.35 Å². The minimum atomic E-state index is -4.05. The second-order valence-electron chi connectivity index (χ2n) is 7.35. The highest BCUT2D eigenvalue weighted by atomic mass is 32.2. The molecule has 0 aliphatic heterocycles. The van der Waals surface area contributed by atoms with Gasteiger partial charge in [-0.15, -0.1) is 11.3 Å². The van der Waals surface area contributed by atoms with Gasteiger partial charge in [0.1, 0.15) is 10.8 Å². The molecule has 0 aliphatic carbocycles. The zero-order chi connectivity index (χ0) is 19.5. The predicted molar refractivity (Wildman–Crippen MR) is 103 cm³/mol. The van der Waals surface area contributed by atoms with Crippen molar-refractivity contribution in [2.24, 2.45) is 5.41 Å². The van der Waals surface area contributed by atoms with Gasteiger partial charge in [-0.05, 0) is 24.5 Å². The molecule has 0 fully saturated rings. The number of carbonyl (C=O) groups excluding carboxylic acids is 1. The van der Waals surface area contributed by atoms with Gasteiger partial charge in [0.15, 0.2) is 0 Å². The van der Waals surface area contributed by atoms with Crippen LogP contribution in [-0.2, 0) is 27.1 Å². The molecule has 26 heavy (non-hydrogen) atoms. The third-order valence-corrected chi connectivity index (χ3v) is 5.51. The van der Waals surface area contributed by atoms with Gasteiger partial charge in [0.05, 0.1) is 6.04 Å². The van der Waals surface area contributed by atoms with E-state index in [2.05, 4.69) is 10.3 Å². The number of hydrogen-bond acceptors (Lipinski definition) is 5. The number of aromatic nitrogens is 1. The van der Waals surface area contributed by atoms with Crippen LogP contribution in [0, 0.1) is 12.3 Å². The van der Waals surface area contributed by atoms with E-state index >= 15 is 0 Å². The maximum absolute atomic E-state index is 12.4. The highest BCUT2D eigenvalue weighted by molar-refractivity contribution is 7.85. The minimum Gasteiger partial charge on any atom is -0.346 e. The summed E-state index contributed by atoms with van der Waals surface area (Å²) in [6.07, 6.45) is 0.543. The normalized spacial score (nSPS) is 13.4. The summed E-state index contributed by atoms with van der Waals surface area (Å²) < 4.78 is 30.9. The van der Waals surface area contributed by atoms with Gasteiger partial charge in [-0.2, -0.15) is 8.42 Å². The first kappa shape index (κ1) is 20.5. The number of benzene rings is 1. The fraction of sp³-hybridized carbons (Fsp3) is 0.444. The molecule has 2 aromatic rings. The average molecular weight is 397 g/mol. The van der Waals surface area contributed by atoms with E-state index in [1.165, 1.54) is 11.3 Å². The summed E-state index contributed by atoms with van der Waals surface area (Å²) in [6.45, 7) is 7.48. The summed E-state index contributed by atoms with van der Waals surface area (Å²) in [7, 11) is -4.05. The number of amides is 1. The first-order valence-corrected chi connectivity index (χ1v) is 10.7. The second kappa shape index (κ2) is 7.85. The molecule has 0 spiro atoms. The molecule has 142 valence electrons.